The van der Waals surface area contributed by atoms with Crippen LogP contribution in [0.3, 0.4) is 0 Å². The van der Waals surface area contributed by atoms with Crippen molar-refractivity contribution in [3.8, 4) is 22.6 Å². The van der Waals surface area contributed by atoms with E-state index in [9.17, 15) is 14.9 Å². The van der Waals surface area contributed by atoms with E-state index in [0.29, 0.717) is 28.4 Å². The number of amides is 1. The molecule has 9 nitrogen and oxygen atoms in total. The van der Waals surface area contributed by atoms with Gasteiger partial charge in [-0.2, -0.15) is 0 Å². The zero-order valence-corrected chi connectivity index (χ0v) is 23.4. The lowest BCUT2D eigenvalue weighted by molar-refractivity contribution is -0.384. The Bertz CT molecular complexity index is 1780. The molecule has 1 aliphatic heterocycles. The SMILES string of the molecule is O=C(NC(=S)Nc1ccc2oc(-c3ccc(-c4ccccc4)cc3)nc2c1)c1cc([N+](=O)[O-])ccc1N1CCCCC1. The number of nitro groups is 1. The highest BCUT2D eigenvalue weighted by Gasteiger charge is 2.22. The fourth-order valence-electron chi connectivity index (χ4n) is 5.13. The highest BCUT2D eigenvalue weighted by atomic mass is 32.1. The summed E-state index contributed by atoms with van der Waals surface area (Å²) >= 11 is 5.42. The number of rotatable bonds is 6. The molecule has 10 heteroatoms. The maximum atomic E-state index is 13.3. The lowest BCUT2D eigenvalue weighted by atomic mass is 10.0. The molecule has 1 aromatic heterocycles. The fourth-order valence-corrected chi connectivity index (χ4v) is 5.34. The van der Waals surface area contributed by atoms with Crippen molar-refractivity contribution in [1.29, 1.82) is 0 Å². The summed E-state index contributed by atoms with van der Waals surface area (Å²) < 4.78 is 5.98. The zero-order valence-electron chi connectivity index (χ0n) is 22.6. The van der Waals surface area contributed by atoms with Crippen LogP contribution in [0.5, 0.6) is 0 Å². The molecular weight excluding hydrogens is 550 g/mol. The minimum Gasteiger partial charge on any atom is -0.436 e. The van der Waals surface area contributed by atoms with E-state index in [2.05, 4.69) is 32.7 Å². The number of non-ortho nitro benzene ring substituents is 1. The summed E-state index contributed by atoms with van der Waals surface area (Å²) in [5.74, 6) is -0.0194. The lowest BCUT2D eigenvalue weighted by Crippen LogP contribution is -2.36. The molecule has 2 heterocycles. The van der Waals surface area contributed by atoms with Gasteiger partial charge in [0.2, 0.25) is 5.89 Å². The molecule has 0 bridgehead atoms. The summed E-state index contributed by atoms with van der Waals surface area (Å²) in [6, 6.07) is 27.9. The lowest BCUT2D eigenvalue weighted by Gasteiger charge is -2.30. The first kappa shape index (κ1) is 27.1. The van der Waals surface area contributed by atoms with Crippen LogP contribution >= 0.6 is 12.2 Å². The molecule has 2 N–H and O–H groups in total. The molecular formula is C32H27N5O4S. The second-order valence-corrected chi connectivity index (χ2v) is 10.5. The van der Waals surface area contributed by atoms with Gasteiger partial charge in [-0.25, -0.2) is 4.98 Å². The molecule has 0 saturated carbocycles. The number of hydrogen-bond donors (Lipinski definition) is 2. The van der Waals surface area contributed by atoms with Crippen molar-refractivity contribution in [2.75, 3.05) is 23.3 Å². The van der Waals surface area contributed by atoms with Gasteiger partial charge < -0.3 is 14.6 Å². The van der Waals surface area contributed by atoms with Crippen LogP contribution in [0.15, 0.2) is 95.4 Å². The van der Waals surface area contributed by atoms with Crippen LogP contribution in [-0.4, -0.2) is 34.0 Å². The Morgan fingerprint density at radius 1 is 0.881 bits per heavy atom. The Morgan fingerprint density at radius 3 is 2.33 bits per heavy atom. The van der Waals surface area contributed by atoms with Gasteiger partial charge in [0.05, 0.1) is 16.2 Å². The van der Waals surface area contributed by atoms with E-state index < -0.39 is 10.8 Å². The van der Waals surface area contributed by atoms with Crippen molar-refractivity contribution in [3.63, 3.8) is 0 Å². The standard InChI is InChI=1S/C32H27N5O4S/c38-30(26-20-25(37(39)40)14-15-28(26)36-17-5-2-6-18-36)35-32(42)33-24-13-16-29-27(19-24)34-31(41-29)23-11-9-22(10-12-23)21-7-3-1-4-8-21/h1,3-4,7-16,19-20H,2,5-6,17-18H2,(H2,33,35,38,42). The number of carbonyl (C=O) groups excluding carboxylic acids is 1. The third-order valence-electron chi connectivity index (χ3n) is 7.24. The minimum absolute atomic E-state index is 0.0654. The van der Waals surface area contributed by atoms with Gasteiger partial charge in [0.25, 0.3) is 11.6 Å². The van der Waals surface area contributed by atoms with Crippen molar-refractivity contribution >= 4 is 51.4 Å². The predicted octanol–water partition coefficient (Wildman–Crippen LogP) is 7.19. The minimum atomic E-state index is -0.513. The van der Waals surface area contributed by atoms with Gasteiger partial charge in [0, 0.05) is 36.5 Å². The number of hydrogen-bond acceptors (Lipinski definition) is 7. The summed E-state index contributed by atoms with van der Waals surface area (Å²) in [6.45, 7) is 1.58. The Labute approximate surface area is 247 Å². The number of anilines is 2. The van der Waals surface area contributed by atoms with Gasteiger partial charge in [-0.05, 0) is 79.0 Å². The second-order valence-electron chi connectivity index (χ2n) is 10.1. The number of oxazole rings is 1. The van der Waals surface area contributed by atoms with Crippen molar-refractivity contribution in [3.05, 3.63) is 107 Å². The summed E-state index contributed by atoms with van der Waals surface area (Å²) in [6.07, 6.45) is 3.13. The van der Waals surface area contributed by atoms with Crippen LogP contribution in [0.25, 0.3) is 33.7 Å². The zero-order chi connectivity index (χ0) is 29.1. The van der Waals surface area contributed by atoms with Crippen molar-refractivity contribution in [2.45, 2.75) is 19.3 Å². The van der Waals surface area contributed by atoms with E-state index >= 15 is 0 Å². The Hall–Kier alpha value is -5.09. The van der Waals surface area contributed by atoms with Crippen molar-refractivity contribution in [1.82, 2.24) is 10.3 Å². The topological polar surface area (TPSA) is 114 Å². The van der Waals surface area contributed by atoms with Gasteiger partial charge in [-0.1, -0.05) is 42.5 Å². The highest BCUT2D eigenvalue weighted by Crippen LogP contribution is 2.30. The summed E-state index contributed by atoms with van der Waals surface area (Å²) in [7, 11) is 0. The van der Waals surface area contributed by atoms with Crippen LogP contribution in [-0.2, 0) is 0 Å². The molecule has 1 aliphatic rings. The monoisotopic (exact) mass is 577 g/mol. The number of nitrogens with zero attached hydrogens (tertiary/aromatic N) is 3. The van der Waals surface area contributed by atoms with Crippen LogP contribution < -0.4 is 15.5 Å². The van der Waals surface area contributed by atoms with E-state index in [0.717, 1.165) is 49.0 Å². The third kappa shape index (κ3) is 5.84. The molecule has 1 amide bonds. The number of benzene rings is 4. The molecule has 0 radical (unpaired) electrons. The number of nitrogens with one attached hydrogen (secondary N) is 2. The Balaban J connectivity index is 1.17. The van der Waals surface area contributed by atoms with E-state index in [4.69, 9.17) is 16.6 Å². The van der Waals surface area contributed by atoms with E-state index in [1.165, 1.54) is 12.1 Å². The number of carbonyl (C=O) groups is 1. The van der Waals surface area contributed by atoms with Gasteiger partial charge in [0.15, 0.2) is 10.7 Å². The second kappa shape index (κ2) is 11.8. The molecule has 210 valence electrons. The molecule has 1 saturated heterocycles. The molecule has 0 aliphatic carbocycles. The molecule has 4 aromatic carbocycles. The fraction of sp³-hybridized carbons (Fsp3) is 0.156. The summed E-state index contributed by atoms with van der Waals surface area (Å²) in [4.78, 5) is 30.9. The highest BCUT2D eigenvalue weighted by molar-refractivity contribution is 7.80. The molecule has 1 fully saturated rings. The average molecular weight is 578 g/mol. The van der Waals surface area contributed by atoms with E-state index in [1.54, 1.807) is 24.3 Å². The number of piperidine rings is 1. The van der Waals surface area contributed by atoms with Crippen LogP contribution in [0.1, 0.15) is 29.6 Å². The molecule has 0 spiro atoms. The molecule has 42 heavy (non-hydrogen) atoms. The molecule has 6 rings (SSSR count). The van der Waals surface area contributed by atoms with Gasteiger partial charge >= 0.3 is 0 Å². The van der Waals surface area contributed by atoms with Crippen molar-refractivity contribution < 1.29 is 14.1 Å². The maximum absolute atomic E-state index is 13.3. The number of thiocarbonyl (C=S) groups is 1. The summed E-state index contributed by atoms with van der Waals surface area (Å²) in [5, 5.41) is 17.2. The largest absolute Gasteiger partial charge is 0.436 e. The first-order chi connectivity index (χ1) is 20.4. The quantitative estimate of drug-likeness (QED) is 0.124. The van der Waals surface area contributed by atoms with Gasteiger partial charge in [-0.3, -0.25) is 20.2 Å². The number of nitro benzene ring substituents is 1. The summed E-state index contributed by atoms with van der Waals surface area (Å²) in [5.41, 5.74) is 5.66. The average Bonchev–Trinajstić information content (AvgIpc) is 3.45. The Kier molecular flexibility index (Phi) is 7.61. The normalized spacial score (nSPS) is 13.1. The van der Waals surface area contributed by atoms with Crippen LogP contribution in [0.2, 0.25) is 0 Å². The van der Waals surface area contributed by atoms with E-state index in [-0.39, 0.29) is 16.4 Å². The maximum Gasteiger partial charge on any atom is 0.270 e. The van der Waals surface area contributed by atoms with Gasteiger partial charge in [-0.15, -0.1) is 0 Å². The molecule has 0 unspecified atom stereocenters. The predicted molar refractivity (Wildman–Crippen MR) is 168 cm³/mol. The smallest absolute Gasteiger partial charge is 0.270 e. The van der Waals surface area contributed by atoms with Crippen LogP contribution in [0, 0.1) is 10.1 Å². The first-order valence-electron chi connectivity index (χ1n) is 13.7. The van der Waals surface area contributed by atoms with E-state index in [1.807, 2.05) is 42.5 Å². The van der Waals surface area contributed by atoms with Crippen LogP contribution in [0.4, 0.5) is 17.1 Å². The molecule has 0 atom stereocenters. The first-order valence-corrected chi connectivity index (χ1v) is 14.1. The van der Waals surface area contributed by atoms with Gasteiger partial charge in [0.1, 0.15) is 5.52 Å². The Morgan fingerprint density at radius 2 is 1.60 bits per heavy atom. The number of fused-ring (bicyclic) bond motifs is 1. The van der Waals surface area contributed by atoms with Crippen molar-refractivity contribution in [2.24, 2.45) is 0 Å². The number of aromatic nitrogens is 1. The molecule has 5 aromatic rings. The third-order valence-corrected chi connectivity index (χ3v) is 7.45.